The van der Waals surface area contributed by atoms with Gasteiger partial charge in [0.1, 0.15) is 23.9 Å². The third-order valence-electron chi connectivity index (χ3n) is 5.58. The largest absolute Gasteiger partial charge is 0.508 e. The van der Waals surface area contributed by atoms with Crippen molar-refractivity contribution in [2.75, 3.05) is 6.54 Å². The van der Waals surface area contributed by atoms with Gasteiger partial charge in [0, 0.05) is 13.0 Å². The number of nitrogens with two attached hydrogens (primary N) is 2. The average molecular weight is 508 g/mol. The van der Waals surface area contributed by atoms with Crippen LogP contribution in [0.3, 0.4) is 0 Å². The lowest BCUT2D eigenvalue weighted by atomic mass is 10.0. The molecule has 1 saturated heterocycles. The number of phenolic OH excluding ortho intramolecular Hbond substituents is 1. The van der Waals surface area contributed by atoms with Crippen LogP contribution in [0.1, 0.15) is 31.2 Å². The van der Waals surface area contributed by atoms with Gasteiger partial charge < -0.3 is 42.3 Å². The van der Waals surface area contributed by atoms with Gasteiger partial charge >= 0.3 is 11.9 Å². The van der Waals surface area contributed by atoms with Gasteiger partial charge in [-0.15, -0.1) is 0 Å². The molecule has 1 aliphatic rings. The number of aliphatic carboxylic acids is 2. The minimum atomic E-state index is -1.65. The monoisotopic (exact) mass is 507 g/mol. The Bertz CT molecular complexity index is 1010. The number of nitrogens with one attached hydrogen (secondary N) is 2. The number of hydrogen-bond acceptors (Lipinski definition) is 8. The van der Waals surface area contributed by atoms with E-state index in [1.807, 2.05) is 0 Å². The minimum absolute atomic E-state index is 0.0346. The number of carbonyl (C=O) groups excluding carboxylic acids is 4. The van der Waals surface area contributed by atoms with Crippen LogP contribution >= 0.6 is 0 Å². The van der Waals surface area contributed by atoms with Crippen LogP contribution < -0.4 is 22.1 Å². The van der Waals surface area contributed by atoms with E-state index < -0.39 is 72.6 Å². The number of aromatic hydroxyl groups is 1. The van der Waals surface area contributed by atoms with Crippen LogP contribution in [-0.2, 0) is 35.2 Å². The highest BCUT2D eigenvalue weighted by Gasteiger charge is 2.38. The number of hydrogen-bond donors (Lipinski definition) is 7. The molecule has 1 fully saturated rings. The van der Waals surface area contributed by atoms with Gasteiger partial charge in [0.2, 0.25) is 23.6 Å². The van der Waals surface area contributed by atoms with Gasteiger partial charge in [0.25, 0.3) is 0 Å². The second-order valence-electron chi connectivity index (χ2n) is 8.40. The Morgan fingerprint density at radius 3 is 2.14 bits per heavy atom. The SMILES string of the molecule is NC(=O)CC(N)C(=O)NC(CC(=O)O)C(=O)NC(Cc1ccc(O)cc1)C(=O)N1CCCC1C(=O)O. The fraction of sp³-hybridized carbons (Fsp3) is 0.455. The Balaban J connectivity index is 2.27. The molecule has 0 spiro atoms. The highest BCUT2D eigenvalue weighted by Crippen LogP contribution is 2.20. The highest BCUT2D eigenvalue weighted by atomic mass is 16.4. The van der Waals surface area contributed by atoms with Crippen molar-refractivity contribution in [3.8, 4) is 5.75 Å². The van der Waals surface area contributed by atoms with Crippen LogP contribution in [-0.4, -0.2) is 86.5 Å². The van der Waals surface area contributed by atoms with Gasteiger partial charge in [0.15, 0.2) is 0 Å². The first kappa shape index (κ1) is 28.0. The molecule has 2 rings (SSSR count). The fourth-order valence-electron chi connectivity index (χ4n) is 3.80. The molecule has 1 aliphatic heterocycles. The predicted octanol–water partition coefficient (Wildman–Crippen LogP) is -2.34. The number of carboxylic acid groups (broad SMARTS) is 2. The molecule has 1 aromatic rings. The topological polar surface area (TPSA) is 242 Å². The number of primary amides is 1. The van der Waals surface area contributed by atoms with Crippen molar-refractivity contribution >= 4 is 35.6 Å². The number of carbonyl (C=O) groups is 6. The molecule has 1 aromatic carbocycles. The summed E-state index contributed by atoms with van der Waals surface area (Å²) < 4.78 is 0. The van der Waals surface area contributed by atoms with E-state index in [1.165, 1.54) is 24.3 Å². The molecule has 0 aliphatic carbocycles. The lowest BCUT2D eigenvalue weighted by molar-refractivity contribution is -0.149. The van der Waals surface area contributed by atoms with Crippen molar-refractivity contribution in [3.05, 3.63) is 29.8 Å². The molecule has 14 heteroatoms. The number of carboxylic acids is 2. The number of nitrogens with zero attached hydrogens (tertiary/aromatic N) is 1. The molecule has 0 bridgehead atoms. The summed E-state index contributed by atoms with van der Waals surface area (Å²) in [7, 11) is 0. The van der Waals surface area contributed by atoms with Gasteiger partial charge in [-0.25, -0.2) is 4.79 Å². The third kappa shape index (κ3) is 7.94. The van der Waals surface area contributed by atoms with Crippen molar-refractivity contribution < 1.29 is 44.1 Å². The van der Waals surface area contributed by atoms with Crippen LogP contribution in [0.15, 0.2) is 24.3 Å². The molecular formula is C22H29N5O9. The lowest BCUT2D eigenvalue weighted by Gasteiger charge is -2.29. The van der Waals surface area contributed by atoms with Crippen molar-refractivity contribution in [3.63, 3.8) is 0 Å². The number of phenols is 1. The Labute approximate surface area is 205 Å². The number of rotatable bonds is 12. The smallest absolute Gasteiger partial charge is 0.326 e. The van der Waals surface area contributed by atoms with E-state index in [9.17, 15) is 44.1 Å². The van der Waals surface area contributed by atoms with Gasteiger partial charge in [-0.1, -0.05) is 12.1 Å². The second kappa shape index (κ2) is 12.5. The molecule has 9 N–H and O–H groups in total. The van der Waals surface area contributed by atoms with Crippen molar-refractivity contribution in [1.29, 1.82) is 0 Å². The third-order valence-corrected chi connectivity index (χ3v) is 5.58. The van der Waals surface area contributed by atoms with E-state index in [1.54, 1.807) is 0 Å². The highest BCUT2D eigenvalue weighted by molar-refractivity contribution is 5.96. The van der Waals surface area contributed by atoms with E-state index in [-0.39, 0.29) is 25.1 Å². The molecule has 4 unspecified atom stereocenters. The van der Waals surface area contributed by atoms with Gasteiger partial charge in [-0.2, -0.15) is 0 Å². The lowest BCUT2D eigenvalue weighted by Crippen LogP contribution is -2.58. The molecule has 0 radical (unpaired) electrons. The number of benzene rings is 1. The molecule has 0 aromatic heterocycles. The van der Waals surface area contributed by atoms with E-state index in [4.69, 9.17) is 11.5 Å². The molecule has 4 atom stereocenters. The second-order valence-corrected chi connectivity index (χ2v) is 8.40. The van der Waals surface area contributed by atoms with E-state index >= 15 is 0 Å². The minimum Gasteiger partial charge on any atom is -0.508 e. The first-order valence-corrected chi connectivity index (χ1v) is 11.1. The summed E-state index contributed by atoms with van der Waals surface area (Å²) in [4.78, 5) is 73.6. The predicted molar refractivity (Wildman–Crippen MR) is 122 cm³/mol. The summed E-state index contributed by atoms with van der Waals surface area (Å²) in [6, 6.07) is 0.247. The molecule has 14 nitrogen and oxygen atoms in total. The van der Waals surface area contributed by atoms with Crippen molar-refractivity contribution in [2.45, 2.75) is 56.3 Å². The zero-order valence-electron chi connectivity index (χ0n) is 19.3. The maximum absolute atomic E-state index is 13.3. The maximum atomic E-state index is 13.3. The Morgan fingerprint density at radius 2 is 1.58 bits per heavy atom. The first-order valence-electron chi connectivity index (χ1n) is 11.1. The molecule has 1 heterocycles. The standard InChI is InChI=1S/C22H29N5O9/c23-13(9-17(24)29)19(32)25-14(10-18(30)31)20(33)26-15(8-11-3-5-12(28)6-4-11)21(34)27-7-1-2-16(27)22(35)36/h3-6,13-16,28H,1-2,7-10,23H2,(H2,24,29)(H,25,32)(H,26,33)(H,30,31)(H,35,36). The van der Waals surface area contributed by atoms with Crippen LogP contribution in [0.25, 0.3) is 0 Å². The van der Waals surface area contributed by atoms with Crippen LogP contribution in [0.2, 0.25) is 0 Å². The van der Waals surface area contributed by atoms with Crippen molar-refractivity contribution in [2.24, 2.45) is 11.5 Å². The van der Waals surface area contributed by atoms with E-state index in [0.29, 0.717) is 12.0 Å². The number of likely N-dealkylation sites (tertiary alicyclic amines) is 1. The summed E-state index contributed by atoms with van der Waals surface area (Å²) >= 11 is 0. The summed E-state index contributed by atoms with van der Waals surface area (Å²) in [6.45, 7) is 0.148. The molecule has 196 valence electrons. The maximum Gasteiger partial charge on any atom is 0.326 e. The van der Waals surface area contributed by atoms with Crippen LogP contribution in [0.4, 0.5) is 0 Å². The van der Waals surface area contributed by atoms with E-state index in [2.05, 4.69) is 10.6 Å². The summed E-state index contributed by atoms with van der Waals surface area (Å²) in [5.74, 6) is -6.28. The van der Waals surface area contributed by atoms with Gasteiger partial charge in [-0.05, 0) is 30.5 Å². The normalized spacial score (nSPS) is 17.5. The Morgan fingerprint density at radius 1 is 0.972 bits per heavy atom. The molecule has 0 saturated carbocycles. The van der Waals surface area contributed by atoms with E-state index in [0.717, 1.165) is 4.90 Å². The summed E-state index contributed by atoms with van der Waals surface area (Å²) in [5.41, 5.74) is 11.1. The molecule has 36 heavy (non-hydrogen) atoms. The van der Waals surface area contributed by atoms with Gasteiger partial charge in [0.05, 0.1) is 18.9 Å². The zero-order valence-corrected chi connectivity index (χ0v) is 19.3. The number of amides is 4. The summed E-state index contributed by atoms with van der Waals surface area (Å²) in [5, 5.41) is 32.7. The summed E-state index contributed by atoms with van der Waals surface area (Å²) in [6.07, 6.45) is -0.833. The average Bonchev–Trinajstić information content (AvgIpc) is 3.28. The fourth-order valence-corrected chi connectivity index (χ4v) is 3.80. The van der Waals surface area contributed by atoms with Gasteiger partial charge in [-0.3, -0.25) is 24.0 Å². The zero-order chi connectivity index (χ0) is 27.0. The quantitative estimate of drug-likeness (QED) is 0.159. The Kier molecular flexibility index (Phi) is 9.73. The van der Waals surface area contributed by atoms with Crippen molar-refractivity contribution in [1.82, 2.24) is 15.5 Å². The van der Waals surface area contributed by atoms with Crippen LogP contribution in [0, 0.1) is 0 Å². The van der Waals surface area contributed by atoms with Crippen LogP contribution in [0.5, 0.6) is 5.75 Å². The Hall–Kier alpha value is -4.20. The molecular weight excluding hydrogens is 478 g/mol. The first-order chi connectivity index (χ1) is 16.9. The molecule has 4 amide bonds.